The van der Waals surface area contributed by atoms with Gasteiger partial charge in [-0.3, -0.25) is 0 Å². The van der Waals surface area contributed by atoms with Crippen LogP contribution >= 0.6 is 0 Å². The Morgan fingerprint density at radius 2 is 2.00 bits per heavy atom. The maximum absolute atomic E-state index is 11.9. The molecule has 1 aromatic carbocycles. The molecular formula is C16H26N2O2. The molecule has 0 bridgehead atoms. The Morgan fingerprint density at radius 1 is 1.30 bits per heavy atom. The van der Waals surface area contributed by atoms with Crippen LogP contribution < -0.4 is 10.6 Å². The molecule has 0 radical (unpaired) electrons. The Hall–Kier alpha value is -1.55. The minimum absolute atomic E-state index is 0.189. The second-order valence-electron chi connectivity index (χ2n) is 5.43. The number of hydrogen-bond acceptors (Lipinski definition) is 2. The molecule has 1 aromatic rings. The van der Waals surface area contributed by atoms with Crippen molar-refractivity contribution in [2.75, 3.05) is 11.9 Å². The maximum Gasteiger partial charge on any atom is 0.319 e. The largest absolute Gasteiger partial charge is 0.393 e. The fraction of sp³-hybridized carbons (Fsp3) is 0.562. The molecule has 0 aliphatic heterocycles. The van der Waals surface area contributed by atoms with Crippen molar-refractivity contribution >= 4 is 11.7 Å². The maximum atomic E-state index is 11.9. The molecule has 1 rings (SSSR count). The highest BCUT2D eigenvalue weighted by atomic mass is 16.3. The van der Waals surface area contributed by atoms with E-state index in [9.17, 15) is 9.90 Å². The van der Waals surface area contributed by atoms with Crippen molar-refractivity contribution in [2.24, 2.45) is 5.92 Å². The predicted molar refractivity (Wildman–Crippen MR) is 82.9 cm³/mol. The third kappa shape index (κ3) is 6.06. The van der Waals surface area contributed by atoms with E-state index in [1.54, 1.807) is 6.92 Å². The number of carbonyl (C=O) groups is 1. The van der Waals surface area contributed by atoms with Gasteiger partial charge in [0.2, 0.25) is 0 Å². The summed E-state index contributed by atoms with van der Waals surface area (Å²) in [5.74, 6) is 0.256. The number of amides is 2. The predicted octanol–water partition coefficient (Wildman–Crippen LogP) is 3.17. The van der Waals surface area contributed by atoms with Crippen LogP contribution in [0.1, 0.15) is 39.2 Å². The first-order valence-electron chi connectivity index (χ1n) is 7.33. The molecule has 2 unspecified atom stereocenters. The van der Waals surface area contributed by atoms with Crippen molar-refractivity contribution < 1.29 is 9.90 Å². The number of para-hydroxylation sites is 1. The quantitative estimate of drug-likeness (QED) is 0.717. The van der Waals surface area contributed by atoms with E-state index in [-0.39, 0.29) is 18.1 Å². The molecule has 0 fully saturated rings. The van der Waals surface area contributed by atoms with Gasteiger partial charge in [-0.15, -0.1) is 0 Å². The van der Waals surface area contributed by atoms with Crippen LogP contribution in [-0.4, -0.2) is 23.8 Å². The van der Waals surface area contributed by atoms with E-state index in [4.69, 9.17) is 0 Å². The number of carbonyl (C=O) groups excluding carboxylic acids is 1. The van der Waals surface area contributed by atoms with Crippen molar-refractivity contribution in [2.45, 2.75) is 46.1 Å². The molecule has 0 spiro atoms. The van der Waals surface area contributed by atoms with Crippen LogP contribution in [0.25, 0.3) is 0 Å². The summed E-state index contributed by atoms with van der Waals surface area (Å²) in [6.07, 6.45) is 2.35. The Bertz CT molecular complexity index is 419. The fourth-order valence-corrected chi connectivity index (χ4v) is 2.23. The summed E-state index contributed by atoms with van der Waals surface area (Å²) in [6.45, 7) is 6.46. The van der Waals surface area contributed by atoms with Crippen LogP contribution in [0.2, 0.25) is 0 Å². The molecule has 2 amide bonds. The lowest BCUT2D eigenvalue weighted by Crippen LogP contribution is -2.33. The number of aliphatic hydroxyl groups excluding tert-OH is 1. The zero-order chi connectivity index (χ0) is 15.0. The number of hydrogen-bond donors (Lipinski definition) is 3. The number of benzene rings is 1. The lowest BCUT2D eigenvalue weighted by molar-refractivity contribution is 0.163. The molecule has 4 nitrogen and oxygen atoms in total. The fourth-order valence-electron chi connectivity index (χ4n) is 2.23. The van der Waals surface area contributed by atoms with Crippen LogP contribution in [0.3, 0.4) is 0 Å². The summed E-state index contributed by atoms with van der Waals surface area (Å²) in [7, 11) is 0. The molecule has 0 heterocycles. The number of urea groups is 1. The van der Waals surface area contributed by atoms with Crippen molar-refractivity contribution in [1.29, 1.82) is 0 Å². The third-order valence-corrected chi connectivity index (χ3v) is 3.14. The lowest BCUT2D eigenvalue weighted by atomic mass is 10.1. The minimum Gasteiger partial charge on any atom is -0.393 e. The Labute approximate surface area is 121 Å². The van der Waals surface area contributed by atoms with Gasteiger partial charge in [0.05, 0.1) is 6.10 Å². The third-order valence-electron chi connectivity index (χ3n) is 3.14. The molecule has 0 saturated carbocycles. The minimum atomic E-state index is -0.333. The summed E-state index contributed by atoms with van der Waals surface area (Å²) in [6, 6.07) is 7.67. The number of nitrogens with one attached hydrogen (secondary N) is 2. The average molecular weight is 278 g/mol. The summed E-state index contributed by atoms with van der Waals surface area (Å²) in [5, 5.41) is 15.0. The topological polar surface area (TPSA) is 61.4 Å². The second-order valence-corrected chi connectivity index (χ2v) is 5.43. The van der Waals surface area contributed by atoms with Crippen molar-refractivity contribution in [3.63, 3.8) is 0 Å². The standard InChI is InChI=1S/C16H26N2O2/c1-4-7-14-8-5-6-9-15(14)18-16(20)17-11-12(2)10-13(3)19/h5-6,8-9,12-13,19H,4,7,10-11H2,1-3H3,(H2,17,18,20). The van der Waals surface area contributed by atoms with E-state index in [2.05, 4.69) is 17.6 Å². The summed E-state index contributed by atoms with van der Waals surface area (Å²) >= 11 is 0. The molecule has 0 aliphatic rings. The smallest absolute Gasteiger partial charge is 0.319 e. The van der Waals surface area contributed by atoms with Crippen LogP contribution in [-0.2, 0) is 6.42 Å². The van der Waals surface area contributed by atoms with Crippen LogP contribution in [0.5, 0.6) is 0 Å². The number of aryl methyl sites for hydroxylation is 1. The molecule has 3 N–H and O–H groups in total. The zero-order valence-corrected chi connectivity index (χ0v) is 12.6. The van der Waals surface area contributed by atoms with Crippen molar-refractivity contribution in [3.05, 3.63) is 29.8 Å². The molecule has 0 aliphatic carbocycles. The molecule has 2 atom stereocenters. The highest BCUT2D eigenvalue weighted by Crippen LogP contribution is 2.16. The zero-order valence-electron chi connectivity index (χ0n) is 12.6. The molecular weight excluding hydrogens is 252 g/mol. The Morgan fingerprint density at radius 3 is 2.65 bits per heavy atom. The summed E-state index contributed by atoms with van der Waals surface area (Å²) in [5.41, 5.74) is 2.03. The monoisotopic (exact) mass is 278 g/mol. The summed E-state index contributed by atoms with van der Waals surface area (Å²) in [4.78, 5) is 11.9. The Balaban J connectivity index is 2.46. The van der Waals surface area contributed by atoms with Gasteiger partial charge in [0, 0.05) is 12.2 Å². The van der Waals surface area contributed by atoms with Crippen molar-refractivity contribution in [1.82, 2.24) is 5.32 Å². The van der Waals surface area contributed by atoms with E-state index in [0.29, 0.717) is 13.0 Å². The molecule has 112 valence electrons. The molecule has 0 saturated heterocycles. The summed E-state index contributed by atoms with van der Waals surface area (Å²) < 4.78 is 0. The molecule has 20 heavy (non-hydrogen) atoms. The van der Waals surface area contributed by atoms with E-state index in [1.807, 2.05) is 31.2 Å². The normalized spacial score (nSPS) is 13.6. The van der Waals surface area contributed by atoms with Crippen LogP contribution in [0, 0.1) is 5.92 Å². The first kappa shape index (κ1) is 16.5. The number of rotatable bonds is 7. The van der Waals surface area contributed by atoms with E-state index >= 15 is 0 Å². The highest BCUT2D eigenvalue weighted by Gasteiger charge is 2.09. The number of anilines is 1. The average Bonchev–Trinajstić information content (AvgIpc) is 2.38. The van der Waals surface area contributed by atoms with Gasteiger partial charge < -0.3 is 15.7 Å². The molecule has 4 heteroatoms. The van der Waals surface area contributed by atoms with Crippen LogP contribution in [0.4, 0.5) is 10.5 Å². The van der Waals surface area contributed by atoms with E-state index in [1.165, 1.54) is 0 Å². The van der Waals surface area contributed by atoms with Gasteiger partial charge in [-0.2, -0.15) is 0 Å². The van der Waals surface area contributed by atoms with Gasteiger partial charge >= 0.3 is 6.03 Å². The Kier molecular flexibility index (Phi) is 7.09. The van der Waals surface area contributed by atoms with Gasteiger partial charge in [0.15, 0.2) is 0 Å². The molecule has 0 aromatic heterocycles. The van der Waals surface area contributed by atoms with Gasteiger partial charge in [-0.25, -0.2) is 4.79 Å². The van der Waals surface area contributed by atoms with Gasteiger partial charge in [-0.05, 0) is 37.3 Å². The van der Waals surface area contributed by atoms with E-state index in [0.717, 1.165) is 24.1 Å². The SMILES string of the molecule is CCCc1ccccc1NC(=O)NCC(C)CC(C)O. The van der Waals surface area contributed by atoms with Gasteiger partial charge in [0.25, 0.3) is 0 Å². The van der Waals surface area contributed by atoms with Gasteiger partial charge in [0.1, 0.15) is 0 Å². The van der Waals surface area contributed by atoms with E-state index < -0.39 is 0 Å². The number of aliphatic hydroxyl groups is 1. The first-order valence-corrected chi connectivity index (χ1v) is 7.33. The van der Waals surface area contributed by atoms with Gasteiger partial charge in [-0.1, -0.05) is 38.5 Å². The second kappa shape index (κ2) is 8.59. The first-order chi connectivity index (χ1) is 9.52. The highest BCUT2D eigenvalue weighted by molar-refractivity contribution is 5.90. The lowest BCUT2D eigenvalue weighted by Gasteiger charge is -2.15. The van der Waals surface area contributed by atoms with Crippen LogP contribution in [0.15, 0.2) is 24.3 Å². The van der Waals surface area contributed by atoms with Crippen molar-refractivity contribution in [3.8, 4) is 0 Å².